The molecule has 2 heterocycles. The minimum Gasteiger partial charge on any atom is -0.369 e. The molecule has 0 amide bonds. The summed E-state index contributed by atoms with van der Waals surface area (Å²) in [6.07, 6.45) is 13.8. The average molecular weight is 392 g/mol. The molecule has 0 aromatic heterocycles. The highest BCUT2D eigenvalue weighted by atomic mass is 79.9. The zero-order valence-electron chi connectivity index (χ0n) is 11.1. The highest BCUT2D eigenvalue weighted by Crippen LogP contribution is 2.39. The van der Waals surface area contributed by atoms with E-state index in [1.165, 1.54) is 0 Å². The lowest BCUT2D eigenvalue weighted by Gasteiger charge is -2.30. The Morgan fingerprint density at radius 2 is 1.95 bits per heavy atom. The first-order valence-electron chi connectivity index (χ1n) is 6.85. The van der Waals surface area contributed by atoms with Crippen LogP contribution in [0.5, 0.6) is 0 Å². The van der Waals surface area contributed by atoms with E-state index in [2.05, 4.69) is 44.7 Å². The molecule has 0 aliphatic carbocycles. The van der Waals surface area contributed by atoms with Crippen molar-refractivity contribution < 1.29 is 9.47 Å². The van der Waals surface area contributed by atoms with Crippen molar-refractivity contribution in [2.24, 2.45) is 0 Å². The smallest absolute Gasteiger partial charge is 0.0877 e. The van der Waals surface area contributed by atoms with Crippen molar-refractivity contribution in [3.63, 3.8) is 0 Å². The summed E-state index contributed by atoms with van der Waals surface area (Å²) in [5, 5.41) is 0. The van der Waals surface area contributed by atoms with Crippen LogP contribution >= 0.6 is 31.9 Å². The van der Waals surface area contributed by atoms with Crippen LogP contribution in [0.2, 0.25) is 0 Å². The molecule has 2 aliphatic rings. The van der Waals surface area contributed by atoms with E-state index in [1.54, 1.807) is 6.08 Å². The lowest BCUT2D eigenvalue weighted by molar-refractivity contribution is -0.137. The molecule has 2 fully saturated rings. The number of alkyl halides is 2. The Kier molecular flexibility index (Phi) is 5.95. The van der Waals surface area contributed by atoms with Crippen molar-refractivity contribution in [1.29, 1.82) is 0 Å². The minimum absolute atomic E-state index is 0.186. The van der Waals surface area contributed by atoms with Crippen LogP contribution in [0, 0.1) is 12.3 Å². The Morgan fingerprint density at radius 3 is 2.53 bits per heavy atom. The number of halogens is 2. The van der Waals surface area contributed by atoms with E-state index in [4.69, 9.17) is 15.9 Å². The molecular weight excluding hydrogens is 372 g/mol. The maximum absolute atomic E-state index is 6.11. The first-order valence-corrected chi connectivity index (χ1v) is 8.69. The van der Waals surface area contributed by atoms with Gasteiger partial charge in [0.15, 0.2) is 0 Å². The maximum atomic E-state index is 6.11. The molecule has 6 atom stereocenters. The van der Waals surface area contributed by atoms with Gasteiger partial charge in [0, 0.05) is 16.1 Å². The molecule has 0 aromatic carbocycles. The van der Waals surface area contributed by atoms with Crippen LogP contribution in [0.15, 0.2) is 12.2 Å². The molecule has 2 aliphatic heterocycles. The molecular formula is C15H20Br2O2. The fourth-order valence-electron chi connectivity index (χ4n) is 2.75. The summed E-state index contributed by atoms with van der Waals surface area (Å²) in [5.74, 6) is 2.50. The van der Waals surface area contributed by atoms with Gasteiger partial charge in [-0.25, -0.2) is 0 Å². The standard InChI is InChI=1S/C15H20Br2O2/c1-3-5-6-7-12-14-9-15(18-12)13(19-14)8-11(17)10(16)4-2/h1,5-6,10-15H,4,7-9H2,2H3/b6-5-/t10?,11?,12-,13-,14+,15+/m0/s1. The third-order valence-corrected chi connectivity index (χ3v) is 6.82. The number of hydrogen-bond acceptors (Lipinski definition) is 2. The maximum Gasteiger partial charge on any atom is 0.0877 e. The third-order valence-electron chi connectivity index (χ3n) is 3.82. The summed E-state index contributed by atoms with van der Waals surface area (Å²) in [7, 11) is 0. The molecule has 2 rings (SSSR count). The molecule has 0 radical (unpaired) electrons. The van der Waals surface area contributed by atoms with Crippen LogP contribution in [-0.2, 0) is 9.47 Å². The Labute approximate surface area is 132 Å². The second-order valence-corrected chi connectivity index (χ2v) is 7.49. The van der Waals surface area contributed by atoms with Crippen LogP contribution in [0.1, 0.15) is 32.6 Å². The van der Waals surface area contributed by atoms with Crippen molar-refractivity contribution in [3.8, 4) is 12.3 Å². The monoisotopic (exact) mass is 390 g/mol. The third kappa shape index (κ3) is 3.85. The second kappa shape index (κ2) is 7.26. The number of hydrogen-bond donors (Lipinski definition) is 0. The van der Waals surface area contributed by atoms with Gasteiger partial charge < -0.3 is 9.47 Å². The first-order chi connectivity index (χ1) is 9.15. The van der Waals surface area contributed by atoms with E-state index in [1.807, 2.05) is 6.08 Å². The van der Waals surface area contributed by atoms with Gasteiger partial charge in [0.05, 0.1) is 24.4 Å². The van der Waals surface area contributed by atoms with E-state index in [0.29, 0.717) is 9.65 Å². The predicted molar refractivity (Wildman–Crippen MR) is 84.9 cm³/mol. The van der Waals surface area contributed by atoms with Crippen LogP contribution in [-0.4, -0.2) is 34.1 Å². The van der Waals surface area contributed by atoms with Crippen molar-refractivity contribution in [2.45, 2.75) is 66.7 Å². The number of allylic oxidation sites excluding steroid dienone is 1. The molecule has 2 bridgehead atoms. The summed E-state index contributed by atoms with van der Waals surface area (Å²) in [6, 6.07) is 0. The van der Waals surface area contributed by atoms with E-state index < -0.39 is 0 Å². The summed E-state index contributed by atoms with van der Waals surface area (Å²) < 4.78 is 12.2. The molecule has 0 N–H and O–H groups in total. The lowest BCUT2D eigenvalue weighted by Crippen LogP contribution is -2.37. The van der Waals surface area contributed by atoms with E-state index in [0.717, 1.165) is 25.7 Å². The molecule has 106 valence electrons. The lowest BCUT2D eigenvalue weighted by atomic mass is 10.1. The van der Waals surface area contributed by atoms with E-state index in [9.17, 15) is 0 Å². The van der Waals surface area contributed by atoms with Crippen molar-refractivity contribution in [2.75, 3.05) is 0 Å². The Hall–Kier alpha value is 0.180. The summed E-state index contributed by atoms with van der Waals surface area (Å²) >= 11 is 7.42. The zero-order valence-corrected chi connectivity index (χ0v) is 14.3. The molecule has 0 spiro atoms. The summed E-state index contributed by atoms with van der Waals surface area (Å²) in [6.45, 7) is 2.18. The van der Waals surface area contributed by atoms with Gasteiger partial charge in [-0.05, 0) is 25.3 Å². The van der Waals surface area contributed by atoms with Crippen molar-refractivity contribution >= 4 is 31.9 Å². The van der Waals surface area contributed by atoms with Gasteiger partial charge in [-0.3, -0.25) is 0 Å². The Bertz CT molecular complexity index is 364. The van der Waals surface area contributed by atoms with Gasteiger partial charge in [-0.1, -0.05) is 50.8 Å². The van der Waals surface area contributed by atoms with Crippen LogP contribution in [0.3, 0.4) is 0 Å². The minimum atomic E-state index is 0.186. The fourth-order valence-corrected chi connectivity index (χ4v) is 3.71. The quantitative estimate of drug-likeness (QED) is 0.506. The average Bonchev–Trinajstić information content (AvgIpc) is 2.97. The van der Waals surface area contributed by atoms with Gasteiger partial charge in [0.25, 0.3) is 0 Å². The van der Waals surface area contributed by atoms with Gasteiger partial charge >= 0.3 is 0 Å². The predicted octanol–water partition coefficient (Wildman–Crippen LogP) is 3.82. The van der Waals surface area contributed by atoms with Gasteiger partial charge in [0.1, 0.15) is 0 Å². The molecule has 2 nitrogen and oxygen atoms in total. The van der Waals surface area contributed by atoms with E-state index >= 15 is 0 Å². The Balaban J connectivity index is 1.79. The largest absolute Gasteiger partial charge is 0.369 e. The van der Waals surface area contributed by atoms with Crippen LogP contribution < -0.4 is 0 Å². The second-order valence-electron chi connectivity index (χ2n) is 5.14. The summed E-state index contributed by atoms with van der Waals surface area (Å²) in [5.41, 5.74) is 0. The number of ether oxygens (including phenoxy) is 2. The molecule has 4 heteroatoms. The zero-order chi connectivity index (χ0) is 13.8. The van der Waals surface area contributed by atoms with Crippen molar-refractivity contribution in [1.82, 2.24) is 0 Å². The fraction of sp³-hybridized carbons (Fsp3) is 0.733. The van der Waals surface area contributed by atoms with Crippen LogP contribution in [0.4, 0.5) is 0 Å². The van der Waals surface area contributed by atoms with Crippen LogP contribution in [0.25, 0.3) is 0 Å². The molecule has 19 heavy (non-hydrogen) atoms. The normalized spacial score (nSPS) is 36.5. The SMILES string of the molecule is C#C/C=C\C[C@@H]1O[C@@H]2C[C@H]1O[C@H]2CC(Br)C(Br)CC. The first kappa shape index (κ1) is 15.6. The topological polar surface area (TPSA) is 18.5 Å². The Morgan fingerprint density at radius 1 is 1.26 bits per heavy atom. The number of rotatable bonds is 6. The van der Waals surface area contributed by atoms with E-state index in [-0.39, 0.29) is 24.4 Å². The van der Waals surface area contributed by atoms with Gasteiger partial charge in [0.2, 0.25) is 0 Å². The highest BCUT2D eigenvalue weighted by molar-refractivity contribution is 9.12. The van der Waals surface area contributed by atoms with Gasteiger partial charge in [-0.15, -0.1) is 6.42 Å². The number of terminal acetylenes is 1. The summed E-state index contributed by atoms with van der Waals surface area (Å²) in [4.78, 5) is 0.926. The molecule has 2 saturated heterocycles. The molecule has 0 saturated carbocycles. The molecule has 0 aromatic rings. The number of fused-ring (bicyclic) bond motifs is 2. The van der Waals surface area contributed by atoms with Gasteiger partial charge in [-0.2, -0.15) is 0 Å². The molecule has 2 unspecified atom stereocenters. The highest BCUT2D eigenvalue weighted by Gasteiger charge is 2.48. The van der Waals surface area contributed by atoms with Crippen molar-refractivity contribution in [3.05, 3.63) is 12.2 Å².